The fourth-order valence-corrected chi connectivity index (χ4v) is 6.45. The number of ether oxygens (including phenoxy) is 1. The molecule has 3 aromatic heterocycles. The van der Waals surface area contributed by atoms with E-state index in [1.165, 1.54) is 0 Å². The molecule has 5 heterocycles. The summed E-state index contributed by atoms with van der Waals surface area (Å²) in [5, 5.41) is 19.1. The highest BCUT2D eigenvalue weighted by Crippen LogP contribution is 2.38. The predicted octanol–water partition coefficient (Wildman–Crippen LogP) is 4.15. The van der Waals surface area contributed by atoms with E-state index in [9.17, 15) is 14.7 Å². The van der Waals surface area contributed by atoms with Gasteiger partial charge in [0, 0.05) is 80.0 Å². The van der Waals surface area contributed by atoms with Crippen LogP contribution in [0.4, 0.5) is 5.69 Å². The Hall–Kier alpha value is -4.42. The minimum absolute atomic E-state index is 0.0938. The summed E-state index contributed by atoms with van der Waals surface area (Å²) in [5.41, 5.74) is 7.57. The molecule has 4 aromatic rings. The second-order valence-electron chi connectivity index (χ2n) is 11.8. The number of aliphatic hydroxyl groups is 1. The molecule has 0 spiro atoms. The number of carbonyl (C=O) groups excluding carboxylic acids is 2. The van der Waals surface area contributed by atoms with Crippen LogP contribution in [0.15, 0.2) is 54.9 Å². The lowest BCUT2D eigenvalue weighted by atomic mass is 10.00. The van der Waals surface area contributed by atoms with Gasteiger partial charge in [-0.1, -0.05) is 29.8 Å². The van der Waals surface area contributed by atoms with E-state index < -0.39 is 0 Å². The molecule has 244 valence electrons. The summed E-state index contributed by atoms with van der Waals surface area (Å²) in [6.45, 7) is 5.42. The van der Waals surface area contributed by atoms with Gasteiger partial charge in [0.05, 0.1) is 30.1 Å². The number of fused-ring (bicyclic) bond motifs is 1. The van der Waals surface area contributed by atoms with E-state index >= 15 is 0 Å². The molecular weight excluding hydrogens is 618 g/mol. The van der Waals surface area contributed by atoms with E-state index in [0.717, 1.165) is 47.2 Å². The van der Waals surface area contributed by atoms with Crippen LogP contribution < -0.4 is 20.7 Å². The number of nitrogens with one attached hydrogen (secondary N) is 3. The zero-order chi connectivity index (χ0) is 32.9. The van der Waals surface area contributed by atoms with Crippen molar-refractivity contribution < 1.29 is 19.4 Å². The van der Waals surface area contributed by atoms with E-state index in [4.69, 9.17) is 21.3 Å². The molecular formula is C35H38ClN7O4. The summed E-state index contributed by atoms with van der Waals surface area (Å²) in [5.74, 6) is 0.285. The summed E-state index contributed by atoms with van der Waals surface area (Å²) in [6, 6.07) is 13.3. The number of aliphatic hydroxyl groups excluding tert-OH is 1. The van der Waals surface area contributed by atoms with Gasteiger partial charge < -0.3 is 25.8 Å². The summed E-state index contributed by atoms with van der Waals surface area (Å²) in [4.78, 5) is 40.8. The van der Waals surface area contributed by atoms with Crippen LogP contribution in [0.1, 0.15) is 45.6 Å². The highest BCUT2D eigenvalue weighted by Gasteiger charge is 2.22. The highest BCUT2D eigenvalue weighted by atomic mass is 35.5. The Labute approximate surface area is 278 Å². The molecule has 1 unspecified atom stereocenters. The van der Waals surface area contributed by atoms with Gasteiger partial charge >= 0.3 is 0 Å². The van der Waals surface area contributed by atoms with Crippen molar-refractivity contribution in [3.63, 3.8) is 0 Å². The number of nitrogens with zero attached hydrogens (tertiary/aromatic N) is 4. The number of benzene rings is 1. The zero-order valence-corrected chi connectivity index (χ0v) is 27.2. The molecule has 11 nitrogen and oxygen atoms in total. The van der Waals surface area contributed by atoms with E-state index in [1.807, 2.05) is 49.4 Å². The molecule has 2 aliphatic heterocycles. The Morgan fingerprint density at radius 2 is 2.02 bits per heavy atom. The van der Waals surface area contributed by atoms with E-state index in [2.05, 4.69) is 30.8 Å². The van der Waals surface area contributed by atoms with Gasteiger partial charge in [-0.15, -0.1) is 0 Å². The Balaban J connectivity index is 1.19. The van der Waals surface area contributed by atoms with Crippen LogP contribution in [0.2, 0.25) is 5.02 Å². The summed E-state index contributed by atoms with van der Waals surface area (Å²) in [7, 11) is 1.59. The minimum Gasteiger partial charge on any atom is -0.481 e. The van der Waals surface area contributed by atoms with Crippen LogP contribution in [-0.2, 0) is 24.3 Å². The molecule has 0 aliphatic carbocycles. The molecule has 12 heteroatoms. The molecule has 2 amide bonds. The van der Waals surface area contributed by atoms with Crippen LogP contribution in [0, 0.1) is 6.92 Å². The number of carbonyl (C=O) groups is 2. The summed E-state index contributed by atoms with van der Waals surface area (Å²) in [6.07, 6.45) is 5.65. The first-order valence-corrected chi connectivity index (χ1v) is 16.1. The van der Waals surface area contributed by atoms with E-state index in [1.54, 1.807) is 19.5 Å². The zero-order valence-electron chi connectivity index (χ0n) is 26.5. The van der Waals surface area contributed by atoms with Crippen LogP contribution >= 0.6 is 11.6 Å². The molecule has 1 aromatic carbocycles. The van der Waals surface area contributed by atoms with Crippen LogP contribution in [-0.4, -0.2) is 76.2 Å². The number of hydrogen-bond acceptors (Lipinski definition) is 9. The molecule has 1 atom stereocenters. The van der Waals surface area contributed by atoms with Crippen molar-refractivity contribution in [2.24, 2.45) is 0 Å². The molecule has 1 saturated heterocycles. The van der Waals surface area contributed by atoms with Crippen molar-refractivity contribution >= 4 is 29.1 Å². The van der Waals surface area contributed by atoms with Crippen molar-refractivity contribution in [1.82, 2.24) is 30.5 Å². The van der Waals surface area contributed by atoms with Gasteiger partial charge in [0.15, 0.2) is 0 Å². The molecule has 2 aliphatic rings. The number of rotatable bonds is 11. The van der Waals surface area contributed by atoms with Crippen molar-refractivity contribution in [1.29, 1.82) is 0 Å². The van der Waals surface area contributed by atoms with Gasteiger partial charge in [0.25, 0.3) is 5.91 Å². The average molecular weight is 656 g/mol. The summed E-state index contributed by atoms with van der Waals surface area (Å²) >= 11 is 7.00. The normalized spacial score (nSPS) is 16.1. The molecule has 47 heavy (non-hydrogen) atoms. The van der Waals surface area contributed by atoms with Gasteiger partial charge in [-0.05, 0) is 60.7 Å². The lowest BCUT2D eigenvalue weighted by Gasteiger charge is -2.27. The third kappa shape index (κ3) is 7.28. The first kappa shape index (κ1) is 32.5. The SMILES string of the molecule is COc1nc(-c2ccnc(-c3cccc(NC(=O)c4cc5c(cn4)CN(CCO)CC5)c3C)c2Cl)ccc1CNCC1CCC(=O)N1. The van der Waals surface area contributed by atoms with E-state index in [0.29, 0.717) is 71.8 Å². The summed E-state index contributed by atoms with van der Waals surface area (Å²) < 4.78 is 5.62. The molecule has 0 radical (unpaired) electrons. The Bertz CT molecular complexity index is 1800. The number of aromatic nitrogens is 3. The van der Waals surface area contributed by atoms with Crippen molar-refractivity contribution in [2.75, 3.05) is 38.7 Å². The Morgan fingerprint density at radius 1 is 1.15 bits per heavy atom. The second-order valence-corrected chi connectivity index (χ2v) is 12.2. The number of hydrogen-bond donors (Lipinski definition) is 4. The molecule has 1 fully saturated rings. The number of amides is 2. The maximum absolute atomic E-state index is 13.3. The minimum atomic E-state index is -0.294. The number of halogens is 1. The first-order valence-electron chi connectivity index (χ1n) is 15.8. The Kier molecular flexibility index (Phi) is 10.1. The van der Waals surface area contributed by atoms with Crippen molar-refractivity contribution in [3.05, 3.63) is 87.8 Å². The third-order valence-electron chi connectivity index (χ3n) is 8.75. The predicted molar refractivity (Wildman–Crippen MR) is 180 cm³/mol. The molecule has 0 bridgehead atoms. The lowest BCUT2D eigenvalue weighted by molar-refractivity contribution is -0.119. The second kappa shape index (κ2) is 14.6. The van der Waals surface area contributed by atoms with Crippen molar-refractivity contribution in [3.8, 4) is 28.4 Å². The van der Waals surface area contributed by atoms with Gasteiger partial charge in [-0.2, -0.15) is 0 Å². The third-order valence-corrected chi connectivity index (χ3v) is 9.13. The molecule has 6 rings (SSSR count). The Morgan fingerprint density at radius 3 is 2.81 bits per heavy atom. The number of methoxy groups -OCH3 is 1. The first-order chi connectivity index (χ1) is 22.8. The fraction of sp³-hybridized carbons (Fsp3) is 0.343. The van der Waals surface area contributed by atoms with Gasteiger partial charge in [0.2, 0.25) is 11.8 Å². The smallest absolute Gasteiger partial charge is 0.274 e. The number of β-amino-alcohol motifs (C(OH)–C–C–N with tert-alkyl or cyclic N) is 1. The topological polar surface area (TPSA) is 142 Å². The van der Waals surface area contributed by atoms with E-state index in [-0.39, 0.29) is 24.5 Å². The standard InChI is InChI=1S/C35H38ClN7O4/c1-21-26(4-3-5-28(21)41-34(46)30-16-22-11-13-43(14-15-44)20-24(22)18-39-30)33-32(36)27(10-12-38-33)29-8-6-23(35(42-29)47-2)17-37-19-25-7-9-31(45)40-25/h3-6,8,10,12,16,18,25,37,44H,7,9,11,13-15,17,19-20H2,1-2H3,(H,40,45)(H,41,46). The molecule has 4 N–H and O–H groups in total. The van der Waals surface area contributed by atoms with Gasteiger partial charge in [0.1, 0.15) is 5.69 Å². The average Bonchev–Trinajstić information content (AvgIpc) is 3.50. The maximum Gasteiger partial charge on any atom is 0.274 e. The number of anilines is 1. The van der Waals surface area contributed by atoms with Crippen LogP contribution in [0.3, 0.4) is 0 Å². The highest BCUT2D eigenvalue weighted by molar-refractivity contribution is 6.35. The maximum atomic E-state index is 13.3. The largest absolute Gasteiger partial charge is 0.481 e. The van der Waals surface area contributed by atoms with Crippen LogP contribution in [0.25, 0.3) is 22.5 Å². The number of pyridine rings is 3. The monoisotopic (exact) mass is 655 g/mol. The van der Waals surface area contributed by atoms with Gasteiger partial charge in [-0.25, -0.2) is 4.98 Å². The lowest BCUT2D eigenvalue weighted by Crippen LogP contribution is -2.35. The van der Waals surface area contributed by atoms with Gasteiger partial charge in [-0.3, -0.25) is 24.5 Å². The fourth-order valence-electron chi connectivity index (χ4n) is 6.14. The molecule has 0 saturated carbocycles. The van der Waals surface area contributed by atoms with Crippen LogP contribution in [0.5, 0.6) is 5.88 Å². The quantitative estimate of drug-likeness (QED) is 0.188. The van der Waals surface area contributed by atoms with Crippen molar-refractivity contribution in [2.45, 2.75) is 45.3 Å².